The van der Waals surface area contributed by atoms with Crippen molar-refractivity contribution in [1.82, 2.24) is 4.57 Å². The van der Waals surface area contributed by atoms with Crippen molar-refractivity contribution in [3.8, 4) is 11.8 Å². The molecule has 4 rings (SSSR count). The lowest BCUT2D eigenvalue weighted by molar-refractivity contribution is -0.0985. The number of rotatable bonds is 10. The molecule has 1 atom stereocenters. The van der Waals surface area contributed by atoms with E-state index < -0.39 is 12.2 Å². The van der Waals surface area contributed by atoms with E-state index in [4.69, 9.17) is 19.3 Å². The van der Waals surface area contributed by atoms with E-state index in [2.05, 4.69) is 6.07 Å². The summed E-state index contributed by atoms with van der Waals surface area (Å²) in [5, 5.41) is 19.6. The fourth-order valence-electron chi connectivity index (χ4n) is 3.76. The largest absolute Gasteiger partial charge is 0.489 e. The van der Waals surface area contributed by atoms with Crippen LogP contribution in [0.25, 0.3) is 10.9 Å². The SMILES string of the molecule is COCOC(Cc1ccc(C(=O)O)cc1)n1cc(C#N)c2ccc(OCc3ccccc3)cc21. The summed E-state index contributed by atoms with van der Waals surface area (Å²) >= 11 is 0. The molecule has 0 amide bonds. The fourth-order valence-corrected chi connectivity index (χ4v) is 3.76. The molecule has 1 unspecified atom stereocenters. The molecule has 0 saturated carbocycles. The Balaban J connectivity index is 1.66. The summed E-state index contributed by atoms with van der Waals surface area (Å²) in [5.41, 5.74) is 3.49. The molecule has 0 spiro atoms. The maximum atomic E-state index is 11.2. The summed E-state index contributed by atoms with van der Waals surface area (Å²) in [5.74, 6) is -0.298. The normalized spacial score (nSPS) is 11.8. The van der Waals surface area contributed by atoms with Crippen LogP contribution < -0.4 is 4.74 Å². The lowest BCUT2D eigenvalue weighted by Crippen LogP contribution is -2.16. The summed E-state index contributed by atoms with van der Waals surface area (Å²) < 4.78 is 19.0. The van der Waals surface area contributed by atoms with E-state index in [-0.39, 0.29) is 12.4 Å². The Hall–Kier alpha value is -4.12. The van der Waals surface area contributed by atoms with Crippen molar-refractivity contribution < 1.29 is 24.1 Å². The monoisotopic (exact) mass is 456 g/mol. The first-order valence-electron chi connectivity index (χ1n) is 10.7. The lowest BCUT2D eigenvalue weighted by Gasteiger charge is -2.21. The number of methoxy groups -OCH3 is 1. The summed E-state index contributed by atoms with van der Waals surface area (Å²) in [6.45, 7) is 0.487. The van der Waals surface area contributed by atoms with Gasteiger partial charge in [0.2, 0.25) is 0 Å². The Kier molecular flexibility index (Phi) is 7.23. The van der Waals surface area contributed by atoms with Gasteiger partial charge in [0.15, 0.2) is 0 Å². The minimum atomic E-state index is -0.975. The van der Waals surface area contributed by atoms with E-state index in [0.717, 1.165) is 22.0 Å². The number of aromatic carboxylic acids is 1. The smallest absolute Gasteiger partial charge is 0.335 e. The van der Waals surface area contributed by atoms with Crippen molar-refractivity contribution in [2.24, 2.45) is 0 Å². The Morgan fingerprint density at radius 3 is 2.50 bits per heavy atom. The Labute approximate surface area is 197 Å². The fraction of sp³-hybridized carbons (Fsp3) is 0.185. The summed E-state index contributed by atoms with van der Waals surface area (Å²) in [4.78, 5) is 11.2. The number of benzene rings is 3. The van der Waals surface area contributed by atoms with Crippen LogP contribution in [0.15, 0.2) is 79.0 Å². The number of carboxylic acid groups (broad SMARTS) is 1. The first-order chi connectivity index (χ1) is 16.6. The van der Waals surface area contributed by atoms with Crippen LogP contribution >= 0.6 is 0 Å². The highest BCUT2D eigenvalue weighted by Gasteiger charge is 2.19. The first-order valence-corrected chi connectivity index (χ1v) is 10.7. The Morgan fingerprint density at radius 2 is 1.82 bits per heavy atom. The molecule has 3 aromatic carbocycles. The van der Waals surface area contributed by atoms with Crippen LogP contribution in [0.2, 0.25) is 0 Å². The Morgan fingerprint density at radius 1 is 1.06 bits per heavy atom. The second kappa shape index (κ2) is 10.7. The van der Waals surface area contributed by atoms with Gasteiger partial charge in [-0.25, -0.2) is 4.79 Å². The molecule has 172 valence electrons. The van der Waals surface area contributed by atoms with Gasteiger partial charge >= 0.3 is 5.97 Å². The van der Waals surface area contributed by atoms with E-state index >= 15 is 0 Å². The zero-order chi connectivity index (χ0) is 23.9. The van der Waals surface area contributed by atoms with Crippen LogP contribution in [0, 0.1) is 11.3 Å². The lowest BCUT2D eigenvalue weighted by atomic mass is 10.1. The standard InChI is InChI=1S/C27H24N2O5/c1-32-18-34-26(13-19-7-9-21(10-8-19)27(30)31)29-16-22(15-28)24-12-11-23(14-25(24)29)33-17-20-5-3-2-4-6-20/h2-12,14,16,26H,13,17-18H2,1H3,(H,30,31). The number of nitriles is 1. The third-order valence-corrected chi connectivity index (χ3v) is 5.47. The minimum absolute atomic E-state index is 0.0592. The van der Waals surface area contributed by atoms with Crippen LogP contribution in [0.4, 0.5) is 0 Å². The van der Waals surface area contributed by atoms with Gasteiger partial charge in [0.05, 0.1) is 16.6 Å². The molecule has 0 aliphatic heterocycles. The highest BCUT2D eigenvalue weighted by Crippen LogP contribution is 2.30. The van der Waals surface area contributed by atoms with Crippen LogP contribution in [0.3, 0.4) is 0 Å². The number of nitrogens with zero attached hydrogens (tertiary/aromatic N) is 2. The molecular formula is C27H24N2O5. The van der Waals surface area contributed by atoms with Gasteiger partial charge in [0.1, 0.15) is 31.4 Å². The number of fused-ring (bicyclic) bond motifs is 1. The number of hydrogen-bond donors (Lipinski definition) is 1. The van der Waals surface area contributed by atoms with Gasteiger partial charge in [-0.05, 0) is 35.4 Å². The second-order valence-corrected chi connectivity index (χ2v) is 7.75. The van der Waals surface area contributed by atoms with Gasteiger partial charge in [-0.2, -0.15) is 5.26 Å². The maximum absolute atomic E-state index is 11.2. The van der Waals surface area contributed by atoms with E-state index in [9.17, 15) is 10.1 Å². The topological polar surface area (TPSA) is 93.7 Å². The van der Waals surface area contributed by atoms with E-state index in [0.29, 0.717) is 24.3 Å². The van der Waals surface area contributed by atoms with Gasteiger partial charge in [-0.15, -0.1) is 0 Å². The molecule has 1 heterocycles. The molecule has 0 fully saturated rings. The molecular weight excluding hydrogens is 432 g/mol. The molecule has 7 heteroatoms. The molecule has 0 radical (unpaired) electrons. The van der Waals surface area contributed by atoms with Gasteiger partial charge in [-0.1, -0.05) is 42.5 Å². The summed E-state index contributed by atoms with van der Waals surface area (Å²) in [6, 6.07) is 24.4. The number of aromatic nitrogens is 1. The zero-order valence-corrected chi connectivity index (χ0v) is 18.7. The first kappa shape index (κ1) is 23.1. The number of carboxylic acids is 1. The van der Waals surface area contributed by atoms with Crippen LogP contribution in [0.5, 0.6) is 5.75 Å². The molecule has 1 N–H and O–H groups in total. The van der Waals surface area contributed by atoms with Crippen molar-refractivity contribution in [2.45, 2.75) is 19.3 Å². The van der Waals surface area contributed by atoms with Crippen LogP contribution in [-0.4, -0.2) is 29.5 Å². The van der Waals surface area contributed by atoms with E-state index in [1.54, 1.807) is 37.6 Å². The van der Waals surface area contributed by atoms with Crippen LogP contribution in [0.1, 0.15) is 33.3 Å². The van der Waals surface area contributed by atoms with Gasteiger partial charge < -0.3 is 23.9 Å². The molecule has 7 nitrogen and oxygen atoms in total. The molecule has 34 heavy (non-hydrogen) atoms. The molecule has 0 saturated heterocycles. The predicted molar refractivity (Wildman–Crippen MR) is 127 cm³/mol. The number of hydrogen-bond acceptors (Lipinski definition) is 5. The molecule has 0 aliphatic carbocycles. The quantitative estimate of drug-likeness (QED) is 0.332. The van der Waals surface area contributed by atoms with Gasteiger partial charge in [0.25, 0.3) is 0 Å². The number of carbonyl (C=O) groups is 1. The van der Waals surface area contributed by atoms with Crippen molar-refractivity contribution in [3.05, 3.63) is 101 Å². The van der Waals surface area contributed by atoms with E-state index in [1.807, 2.05) is 53.1 Å². The van der Waals surface area contributed by atoms with Crippen LogP contribution in [-0.2, 0) is 22.5 Å². The average molecular weight is 456 g/mol. The third-order valence-electron chi connectivity index (χ3n) is 5.47. The zero-order valence-electron chi connectivity index (χ0n) is 18.7. The average Bonchev–Trinajstić information content (AvgIpc) is 3.24. The van der Waals surface area contributed by atoms with Crippen molar-refractivity contribution in [2.75, 3.05) is 13.9 Å². The van der Waals surface area contributed by atoms with Gasteiger partial charge in [-0.3, -0.25) is 0 Å². The third kappa shape index (κ3) is 5.26. The molecule has 1 aromatic heterocycles. The molecule has 0 aliphatic rings. The summed E-state index contributed by atoms with van der Waals surface area (Å²) in [6.07, 6.45) is 1.73. The highest BCUT2D eigenvalue weighted by molar-refractivity contribution is 5.88. The minimum Gasteiger partial charge on any atom is -0.489 e. The molecule has 0 bridgehead atoms. The van der Waals surface area contributed by atoms with Crippen molar-refractivity contribution in [3.63, 3.8) is 0 Å². The van der Waals surface area contributed by atoms with Crippen molar-refractivity contribution >= 4 is 16.9 Å². The number of ether oxygens (including phenoxy) is 3. The van der Waals surface area contributed by atoms with E-state index in [1.165, 1.54) is 0 Å². The maximum Gasteiger partial charge on any atom is 0.335 e. The highest BCUT2D eigenvalue weighted by atomic mass is 16.7. The predicted octanol–water partition coefficient (Wildman–Crippen LogP) is 5.15. The Bertz CT molecular complexity index is 1310. The van der Waals surface area contributed by atoms with Gasteiger partial charge in [0, 0.05) is 31.2 Å². The summed E-state index contributed by atoms with van der Waals surface area (Å²) in [7, 11) is 1.54. The second-order valence-electron chi connectivity index (χ2n) is 7.75. The molecule has 4 aromatic rings. The van der Waals surface area contributed by atoms with Crippen molar-refractivity contribution in [1.29, 1.82) is 5.26 Å².